The first-order chi connectivity index (χ1) is 12.0. The minimum Gasteiger partial charge on any atom is -0.507 e. The number of hydrogen-bond acceptors (Lipinski definition) is 4. The second-order valence-corrected chi connectivity index (χ2v) is 5.71. The number of nitrogens with one attached hydrogen (secondary N) is 1. The normalized spacial score (nSPS) is 10.4. The molecule has 3 aromatic carbocycles. The summed E-state index contributed by atoms with van der Waals surface area (Å²) in [6, 6.07) is 17.7. The van der Waals surface area contributed by atoms with Crippen LogP contribution in [0.2, 0.25) is 0 Å². The summed E-state index contributed by atoms with van der Waals surface area (Å²) in [4.78, 5) is 24.0. The van der Waals surface area contributed by atoms with Crippen LogP contribution in [0.15, 0.2) is 60.7 Å². The Hall–Kier alpha value is -3.34. The molecule has 2 N–H and O–H groups in total. The van der Waals surface area contributed by atoms with Crippen molar-refractivity contribution >= 4 is 28.3 Å². The molecule has 0 aliphatic heterocycles. The van der Waals surface area contributed by atoms with E-state index in [1.165, 1.54) is 6.07 Å². The van der Waals surface area contributed by atoms with Gasteiger partial charge in [-0.1, -0.05) is 42.0 Å². The van der Waals surface area contributed by atoms with Gasteiger partial charge < -0.3 is 15.2 Å². The standard InChI is InChI=1S/C20H17NO4/c1-13-6-8-16(9-7-13)21-19(23)12-25-20(24)17-10-14-4-2-3-5-15(14)11-18(17)22/h2-11,22H,12H2,1H3,(H,21,23). The lowest BCUT2D eigenvalue weighted by Crippen LogP contribution is -2.21. The monoisotopic (exact) mass is 335 g/mol. The van der Waals surface area contributed by atoms with E-state index in [0.717, 1.165) is 16.3 Å². The first kappa shape index (κ1) is 16.5. The van der Waals surface area contributed by atoms with Crippen molar-refractivity contribution in [2.24, 2.45) is 0 Å². The molecule has 0 fully saturated rings. The second-order valence-electron chi connectivity index (χ2n) is 5.71. The summed E-state index contributed by atoms with van der Waals surface area (Å²) in [5.74, 6) is -1.37. The van der Waals surface area contributed by atoms with E-state index in [9.17, 15) is 14.7 Å². The first-order valence-electron chi connectivity index (χ1n) is 7.78. The van der Waals surface area contributed by atoms with E-state index in [2.05, 4.69) is 5.32 Å². The number of carbonyl (C=O) groups is 2. The van der Waals surface area contributed by atoms with Crippen molar-refractivity contribution in [2.45, 2.75) is 6.92 Å². The summed E-state index contributed by atoms with van der Waals surface area (Å²) in [5.41, 5.74) is 1.73. The molecule has 0 aliphatic rings. The summed E-state index contributed by atoms with van der Waals surface area (Å²) in [5, 5.41) is 14.3. The zero-order valence-electron chi connectivity index (χ0n) is 13.7. The number of hydrogen-bond donors (Lipinski definition) is 2. The van der Waals surface area contributed by atoms with Crippen LogP contribution in [0, 0.1) is 6.92 Å². The van der Waals surface area contributed by atoms with Crippen molar-refractivity contribution in [2.75, 3.05) is 11.9 Å². The molecule has 3 rings (SSSR count). The average molecular weight is 335 g/mol. The molecule has 5 heteroatoms. The maximum Gasteiger partial charge on any atom is 0.342 e. The smallest absolute Gasteiger partial charge is 0.342 e. The third-order valence-corrected chi connectivity index (χ3v) is 3.75. The zero-order valence-corrected chi connectivity index (χ0v) is 13.7. The van der Waals surface area contributed by atoms with Crippen molar-refractivity contribution < 1.29 is 19.4 Å². The van der Waals surface area contributed by atoms with Gasteiger partial charge in [-0.25, -0.2) is 4.79 Å². The number of anilines is 1. The molecule has 0 heterocycles. The van der Waals surface area contributed by atoms with Gasteiger partial charge in [0.25, 0.3) is 5.91 Å². The third-order valence-electron chi connectivity index (χ3n) is 3.75. The number of phenolic OH excluding ortho intramolecular Hbond substituents is 1. The molecule has 0 atom stereocenters. The molecular formula is C20H17NO4. The zero-order chi connectivity index (χ0) is 17.8. The molecule has 0 saturated carbocycles. The van der Waals surface area contributed by atoms with Crippen molar-refractivity contribution in [1.82, 2.24) is 0 Å². The lowest BCUT2D eigenvalue weighted by atomic mass is 10.1. The number of carbonyl (C=O) groups excluding carboxylic acids is 2. The molecule has 0 aliphatic carbocycles. The van der Waals surface area contributed by atoms with Crippen LogP contribution in [0.1, 0.15) is 15.9 Å². The molecule has 1 amide bonds. The molecule has 126 valence electrons. The summed E-state index contributed by atoms with van der Waals surface area (Å²) < 4.78 is 5.00. The number of aromatic hydroxyl groups is 1. The average Bonchev–Trinajstić information content (AvgIpc) is 2.61. The lowest BCUT2D eigenvalue weighted by molar-refractivity contribution is -0.119. The topological polar surface area (TPSA) is 75.6 Å². The van der Waals surface area contributed by atoms with Gasteiger partial charge in [0.1, 0.15) is 11.3 Å². The Morgan fingerprint density at radius 3 is 2.32 bits per heavy atom. The highest BCUT2D eigenvalue weighted by atomic mass is 16.5. The quantitative estimate of drug-likeness (QED) is 0.714. The molecule has 0 bridgehead atoms. The van der Waals surface area contributed by atoms with Gasteiger partial charge in [0.15, 0.2) is 6.61 Å². The van der Waals surface area contributed by atoms with Crippen LogP contribution in [0.4, 0.5) is 5.69 Å². The molecule has 0 radical (unpaired) electrons. The number of phenols is 1. The van der Waals surface area contributed by atoms with Crippen LogP contribution in [-0.2, 0) is 9.53 Å². The molecule has 0 spiro atoms. The van der Waals surface area contributed by atoms with E-state index < -0.39 is 18.5 Å². The minimum atomic E-state index is -0.748. The van der Waals surface area contributed by atoms with E-state index in [1.54, 1.807) is 18.2 Å². The number of esters is 1. The number of aryl methyl sites for hydroxylation is 1. The summed E-state index contributed by atoms with van der Waals surface area (Å²) in [7, 11) is 0. The molecule has 0 aromatic heterocycles. The maximum atomic E-state index is 12.1. The highest BCUT2D eigenvalue weighted by Crippen LogP contribution is 2.25. The Bertz CT molecular complexity index is 932. The Morgan fingerprint density at radius 1 is 1.00 bits per heavy atom. The van der Waals surface area contributed by atoms with Gasteiger partial charge in [-0.15, -0.1) is 0 Å². The lowest BCUT2D eigenvalue weighted by Gasteiger charge is -2.09. The Morgan fingerprint density at radius 2 is 1.64 bits per heavy atom. The molecule has 5 nitrogen and oxygen atoms in total. The fourth-order valence-corrected chi connectivity index (χ4v) is 2.43. The van der Waals surface area contributed by atoms with Gasteiger partial charge in [0, 0.05) is 5.69 Å². The predicted octanol–water partition coefficient (Wildman–Crippen LogP) is 3.65. The fourth-order valence-electron chi connectivity index (χ4n) is 2.43. The Balaban J connectivity index is 1.65. The van der Waals surface area contributed by atoms with Gasteiger partial charge in [0.05, 0.1) is 0 Å². The van der Waals surface area contributed by atoms with E-state index in [1.807, 2.05) is 43.3 Å². The number of amides is 1. The molecular weight excluding hydrogens is 318 g/mol. The highest BCUT2D eigenvalue weighted by molar-refractivity contribution is 6.00. The van der Waals surface area contributed by atoms with Gasteiger partial charge in [-0.05, 0) is 42.0 Å². The van der Waals surface area contributed by atoms with Crippen LogP contribution in [0.5, 0.6) is 5.75 Å². The molecule has 0 saturated heterocycles. The third kappa shape index (κ3) is 3.95. The molecule has 25 heavy (non-hydrogen) atoms. The van der Waals surface area contributed by atoms with Gasteiger partial charge in [0.2, 0.25) is 0 Å². The van der Waals surface area contributed by atoms with Crippen molar-refractivity contribution in [3.8, 4) is 5.75 Å². The maximum absolute atomic E-state index is 12.1. The fraction of sp³-hybridized carbons (Fsp3) is 0.100. The first-order valence-corrected chi connectivity index (χ1v) is 7.78. The SMILES string of the molecule is Cc1ccc(NC(=O)COC(=O)c2cc3ccccc3cc2O)cc1. The Kier molecular flexibility index (Phi) is 4.66. The van der Waals surface area contributed by atoms with E-state index in [-0.39, 0.29) is 11.3 Å². The predicted molar refractivity (Wildman–Crippen MR) is 95.7 cm³/mol. The molecule has 0 unspecified atom stereocenters. The molecule has 3 aromatic rings. The summed E-state index contributed by atoms with van der Waals surface area (Å²) in [6.45, 7) is 1.52. The van der Waals surface area contributed by atoms with Crippen molar-refractivity contribution in [1.29, 1.82) is 0 Å². The largest absolute Gasteiger partial charge is 0.507 e. The van der Waals surface area contributed by atoms with Crippen LogP contribution >= 0.6 is 0 Å². The van der Waals surface area contributed by atoms with Gasteiger partial charge in [-0.2, -0.15) is 0 Å². The van der Waals surface area contributed by atoms with Crippen LogP contribution in [0.3, 0.4) is 0 Å². The van der Waals surface area contributed by atoms with Crippen LogP contribution in [0.25, 0.3) is 10.8 Å². The van der Waals surface area contributed by atoms with Gasteiger partial charge >= 0.3 is 5.97 Å². The van der Waals surface area contributed by atoms with Crippen LogP contribution < -0.4 is 5.32 Å². The van der Waals surface area contributed by atoms with Gasteiger partial charge in [-0.3, -0.25) is 4.79 Å². The second kappa shape index (κ2) is 7.05. The minimum absolute atomic E-state index is 0.0295. The van der Waals surface area contributed by atoms with E-state index in [0.29, 0.717) is 5.69 Å². The summed E-state index contributed by atoms with van der Waals surface area (Å²) in [6.07, 6.45) is 0. The number of ether oxygens (including phenoxy) is 1. The van der Waals surface area contributed by atoms with Crippen molar-refractivity contribution in [3.05, 3.63) is 71.8 Å². The van der Waals surface area contributed by atoms with Crippen LogP contribution in [-0.4, -0.2) is 23.6 Å². The number of fused-ring (bicyclic) bond motifs is 1. The van der Waals surface area contributed by atoms with Crippen molar-refractivity contribution in [3.63, 3.8) is 0 Å². The van der Waals surface area contributed by atoms with E-state index >= 15 is 0 Å². The van der Waals surface area contributed by atoms with E-state index in [4.69, 9.17) is 4.74 Å². The summed E-state index contributed by atoms with van der Waals surface area (Å²) >= 11 is 0. The Labute approximate surface area is 144 Å². The number of benzene rings is 3. The highest BCUT2D eigenvalue weighted by Gasteiger charge is 2.15. The number of rotatable bonds is 4.